The van der Waals surface area contributed by atoms with E-state index in [4.69, 9.17) is 10.8 Å². The van der Waals surface area contributed by atoms with Crippen molar-refractivity contribution in [3.8, 4) is 0 Å². The summed E-state index contributed by atoms with van der Waals surface area (Å²) >= 11 is 0. The van der Waals surface area contributed by atoms with Gasteiger partial charge in [-0.1, -0.05) is 0 Å². The number of rotatable bonds is 4. The van der Waals surface area contributed by atoms with Crippen LogP contribution in [-0.2, 0) is 4.79 Å². The van der Waals surface area contributed by atoms with Crippen LogP contribution in [-0.4, -0.2) is 30.2 Å². The molecule has 4 heteroatoms. The summed E-state index contributed by atoms with van der Waals surface area (Å²) in [5, 5.41) is 11.3. The number of carbonyl (C=O) groups excluding carboxylic acids is 1. The van der Waals surface area contributed by atoms with E-state index in [1.165, 1.54) is 0 Å². The highest BCUT2D eigenvalue weighted by atomic mass is 16.3. The van der Waals surface area contributed by atoms with Crippen molar-refractivity contribution in [2.75, 3.05) is 13.2 Å². The number of hydrogen-bond acceptors (Lipinski definition) is 3. The highest BCUT2D eigenvalue weighted by Gasteiger charge is 2.26. The molecule has 0 radical (unpaired) electrons. The molecule has 1 amide bonds. The average Bonchev–Trinajstić information content (AvgIpc) is 2.04. The maximum atomic E-state index is 11.4. The lowest BCUT2D eigenvalue weighted by molar-refractivity contribution is -0.129. The lowest BCUT2D eigenvalue weighted by Gasteiger charge is -2.23. The Labute approximate surface area is 73.1 Å². The molecule has 0 aromatic carbocycles. The van der Waals surface area contributed by atoms with Crippen LogP contribution in [0.2, 0.25) is 0 Å². The Balaban J connectivity index is 4.03. The van der Waals surface area contributed by atoms with E-state index in [9.17, 15) is 4.79 Å². The topological polar surface area (TPSA) is 75.3 Å². The first-order valence-corrected chi connectivity index (χ1v) is 4.06. The van der Waals surface area contributed by atoms with Gasteiger partial charge in [0.15, 0.2) is 0 Å². The summed E-state index contributed by atoms with van der Waals surface area (Å²) in [6.45, 7) is 5.53. The summed E-state index contributed by atoms with van der Waals surface area (Å²) in [7, 11) is 0. The fourth-order valence-corrected chi connectivity index (χ4v) is 0.558. The van der Waals surface area contributed by atoms with Gasteiger partial charge in [-0.25, -0.2) is 0 Å². The molecule has 0 aliphatic rings. The van der Waals surface area contributed by atoms with E-state index in [0.29, 0.717) is 6.54 Å². The van der Waals surface area contributed by atoms with Gasteiger partial charge in [-0.05, 0) is 20.8 Å². The zero-order valence-electron chi connectivity index (χ0n) is 7.92. The molecule has 0 aromatic heterocycles. The maximum absolute atomic E-state index is 11.4. The second-order valence-electron chi connectivity index (χ2n) is 3.65. The van der Waals surface area contributed by atoms with Crippen molar-refractivity contribution >= 4 is 5.91 Å². The molecule has 0 spiro atoms. The highest BCUT2D eigenvalue weighted by Crippen LogP contribution is 2.12. The molecule has 0 unspecified atom stereocenters. The molecule has 12 heavy (non-hydrogen) atoms. The van der Waals surface area contributed by atoms with Crippen molar-refractivity contribution in [2.24, 2.45) is 11.1 Å². The molecule has 0 aliphatic carbocycles. The predicted molar refractivity (Wildman–Crippen MR) is 47.5 cm³/mol. The summed E-state index contributed by atoms with van der Waals surface area (Å²) in [5.74, 6) is -0.119. The van der Waals surface area contributed by atoms with E-state index in [1.54, 1.807) is 20.8 Å². The Kier molecular flexibility index (Phi) is 4.20. The Morgan fingerprint density at radius 3 is 2.50 bits per heavy atom. The van der Waals surface area contributed by atoms with Crippen LogP contribution < -0.4 is 11.1 Å². The van der Waals surface area contributed by atoms with Crippen LogP contribution in [0.1, 0.15) is 20.8 Å². The minimum atomic E-state index is -0.552. The quantitative estimate of drug-likeness (QED) is 0.536. The van der Waals surface area contributed by atoms with Crippen molar-refractivity contribution < 1.29 is 9.90 Å². The largest absolute Gasteiger partial charge is 0.394 e. The molecule has 72 valence electrons. The molecular weight excluding hydrogens is 156 g/mol. The van der Waals surface area contributed by atoms with Gasteiger partial charge in [-0.2, -0.15) is 0 Å². The molecule has 0 bridgehead atoms. The first-order valence-electron chi connectivity index (χ1n) is 4.06. The van der Waals surface area contributed by atoms with E-state index < -0.39 is 5.41 Å². The van der Waals surface area contributed by atoms with Crippen molar-refractivity contribution in [2.45, 2.75) is 26.8 Å². The first kappa shape index (κ1) is 11.4. The van der Waals surface area contributed by atoms with E-state index in [1.807, 2.05) is 0 Å². The number of nitrogens with one attached hydrogen (secondary N) is 1. The lowest BCUT2D eigenvalue weighted by atomic mass is 9.92. The monoisotopic (exact) mass is 174 g/mol. The number of amides is 1. The van der Waals surface area contributed by atoms with Gasteiger partial charge in [0.05, 0.1) is 12.0 Å². The van der Waals surface area contributed by atoms with E-state index in [2.05, 4.69) is 5.32 Å². The van der Waals surface area contributed by atoms with Crippen molar-refractivity contribution in [3.63, 3.8) is 0 Å². The standard InChI is InChI=1S/C8H18N2O2/c1-6(4-11)10-7(12)8(2,3)5-9/h6,11H,4-5,9H2,1-3H3,(H,10,12)/t6-/m1/s1. The molecule has 0 rings (SSSR count). The van der Waals surface area contributed by atoms with Gasteiger partial charge in [0, 0.05) is 12.6 Å². The third kappa shape index (κ3) is 3.19. The van der Waals surface area contributed by atoms with Gasteiger partial charge < -0.3 is 16.2 Å². The fraction of sp³-hybridized carbons (Fsp3) is 0.875. The Hall–Kier alpha value is -0.610. The van der Waals surface area contributed by atoms with Crippen LogP contribution in [0.4, 0.5) is 0 Å². The molecule has 0 aliphatic heterocycles. The van der Waals surface area contributed by atoms with Crippen LogP contribution in [0, 0.1) is 5.41 Å². The lowest BCUT2D eigenvalue weighted by Crippen LogP contribution is -2.46. The van der Waals surface area contributed by atoms with Crippen LogP contribution in [0.3, 0.4) is 0 Å². The van der Waals surface area contributed by atoms with Crippen molar-refractivity contribution in [1.82, 2.24) is 5.32 Å². The van der Waals surface area contributed by atoms with Crippen LogP contribution in [0.5, 0.6) is 0 Å². The van der Waals surface area contributed by atoms with Gasteiger partial charge >= 0.3 is 0 Å². The number of nitrogens with two attached hydrogens (primary N) is 1. The van der Waals surface area contributed by atoms with Gasteiger partial charge in [0.25, 0.3) is 0 Å². The zero-order chi connectivity index (χ0) is 9.78. The van der Waals surface area contributed by atoms with E-state index in [0.717, 1.165) is 0 Å². The van der Waals surface area contributed by atoms with Crippen LogP contribution in [0.15, 0.2) is 0 Å². The Bertz CT molecular complexity index is 157. The number of aliphatic hydroxyl groups excluding tert-OH is 1. The maximum Gasteiger partial charge on any atom is 0.227 e. The predicted octanol–water partition coefficient (Wildman–Crippen LogP) is -0.532. The summed E-state index contributed by atoms with van der Waals surface area (Å²) in [6.07, 6.45) is 0. The number of hydrogen-bond donors (Lipinski definition) is 3. The van der Waals surface area contributed by atoms with E-state index >= 15 is 0 Å². The summed E-state index contributed by atoms with van der Waals surface area (Å²) < 4.78 is 0. The summed E-state index contributed by atoms with van der Waals surface area (Å²) in [4.78, 5) is 11.4. The molecule has 0 fully saturated rings. The smallest absolute Gasteiger partial charge is 0.227 e. The summed E-state index contributed by atoms with van der Waals surface area (Å²) in [6, 6.07) is -0.205. The number of aliphatic hydroxyl groups is 1. The second-order valence-corrected chi connectivity index (χ2v) is 3.65. The Morgan fingerprint density at radius 2 is 2.17 bits per heavy atom. The van der Waals surface area contributed by atoms with Crippen molar-refractivity contribution in [1.29, 1.82) is 0 Å². The molecule has 1 atom stereocenters. The van der Waals surface area contributed by atoms with Crippen LogP contribution >= 0.6 is 0 Å². The molecular formula is C8H18N2O2. The van der Waals surface area contributed by atoms with Crippen molar-refractivity contribution in [3.05, 3.63) is 0 Å². The van der Waals surface area contributed by atoms with E-state index in [-0.39, 0.29) is 18.6 Å². The second kappa shape index (κ2) is 4.42. The van der Waals surface area contributed by atoms with Gasteiger partial charge in [0.2, 0.25) is 5.91 Å². The number of carbonyl (C=O) groups is 1. The zero-order valence-corrected chi connectivity index (χ0v) is 7.92. The SMILES string of the molecule is C[C@H](CO)NC(=O)C(C)(C)CN. The van der Waals surface area contributed by atoms with Crippen LogP contribution in [0.25, 0.3) is 0 Å². The third-order valence-electron chi connectivity index (χ3n) is 1.78. The average molecular weight is 174 g/mol. The Morgan fingerprint density at radius 1 is 1.67 bits per heavy atom. The van der Waals surface area contributed by atoms with Gasteiger partial charge in [0.1, 0.15) is 0 Å². The highest BCUT2D eigenvalue weighted by molar-refractivity contribution is 5.82. The molecule has 0 saturated heterocycles. The molecule has 4 nitrogen and oxygen atoms in total. The minimum Gasteiger partial charge on any atom is -0.394 e. The van der Waals surface area contributed by atoms with Gasteiger partial charge in [-0.3, -0.25) is 4.79 Å². The minimum absolute atomic E-state index is 0.0492. The summed E-state index contributed by atoms with van der Waals surface area (Å²) in [5.41, 5.74) is 4.85. The molecule has 0 saturated carbocycles. The third-order valence-corrected chi connectivity index (χ3v) is 1.78. The van der Waals surface area contributed by atoms with Gasteiger partial charge in [-0.15, -0.1) is 0 Å². The normalized spacial score (nSPS) is 14.1. The molecule has 0 aromatic rings. The first-order chi connectivity index (χ1) is 5.44. The molecule has 0 heterocycles. The molecule has 4 N–H and O–H groups in total. The fourth-order valence-electron chi connectivity index (χ4n) is 0.558.